The SMILES string of the molecule is N#Cc1c(-c2cccs2)cc(-c2cccs2)nc1SCCC1OCCO1. The molecule has 0 bridgehead atoms. The summed E-state index contributed by atoms with van der Waals surface area (Å²) in [5, 5.41) is 14.6. The number of hydrogen-bond donors (Lipinski definition) is 0. The van der Waals surface area contributed by atoms with Gasteiger partial charge in [0.2, 0.25) is 0 Å². The summed E-state index contributed by atoms with van der Waals surface area (Å²) in [6.45, 7) is 1.32. The lowest BCUT2D eigenvalue weighted by atomic mass is 10.1. The zero-order valence-corrected chi connectivity index (χ0v) is 16.3. The molecule has 4 rings (SSSR count). The average Bonchev–Trinajstić information content (AvgIpc) is 3.44. The molecule has 0 saturated carbocycles. The summed E-state index contributed by atoms with van der Waals surface area (Å²) in [6, 6.07) is 12.5. The number of thiophene rings is 2. The summed E-state index contributed by atoms with van der Waals surface area (Å²) in [5.74, 6) is 0.796. The van der Waals surface area contributed by atoms with E-state index >= 15 is 0 Å². The molecule has 0 unspecified atom stereocenters. The molecule has 132 valence electrons. The van der Waals surface area contributed by atoms with Crippen molar-refractivity contribution >= 4 is 34.4 Å². The number of ether oxygens (including phenoxy) is 2. The van der Waals surface area contributed by atoms with Crippen molar-refractivity contribution in [3.63, 3.8) is 0 Å². The maximum Gasteiger partial charge on any atom is 0.158 e. The Balaban J connectivity index is 1.67. The fourth-order valence-corrected chi connectivity index (χ4v) is 5.14. The second-order valence-corrected chi connectivity index (χ2v) is 8.59. The third-order valence-electron chi connectivity index (χ3n) is 3.94. The summed E-state index contributed by atoms with van der Waals surface area (Å²) in [7, 11) is 0. The van der Waals surface area contributed by atoms with Gasteiger partial charge in [-0.05, 0) is 29.0 Å². The van der Waals surface area contributed by atoms with E-state index in [-0.39, 0.29) is 6.29 Å². The fourth-order valence-electron chi connectivity index (χ4n) is 2.74. The van der Waals surface area contributed by atoms with Gasteiger partial charge in [-0.2, -0.15) is 5.26 Å². The molecule has 26 heavy (non-hydrogen) atoms. The van der Waals surface area contributed by atoms with E-state index in [9.17, 15) is 5.26 Å². The lowest BCUT2D eigenvalue weighted by Crippen LogP contribution is -2.08. The van der Waals surface area contributed by atoms with Crippen LogP contribution in [0.1, 0.15) is 12.0 Å². The molecule has 0 atom stereocenters. The second kappa shape index (κ2) is 8.33. The maximum absolute atomic E-state index is 9.78. The van der Waals surface area contributed by atoms with E-state index < -0.39 is 0 Å². The number of rotatable bonds is 6. The fraction of sp³-hybridized carbons (Fsp3) is 0.263. The highest BCUT2D eigenvalue weighted by Gasteiger charge is 2.19. The highest BCUT2D eigenvalue weighted by Crippen LogP contribution is 2.37. The Kier molecular flexibility index (Phi) is 5.68. The summed E-state index contributed by atoms with van der Waals surface area (Å²) < 4.78 is 11.0. The first-order valence-electron chi connectivity index (χ1n) is 8.24. The largest absolute Gasteiger partial charge is 0.350 e. The van der Waals surface area contributed by atoms with Gasteiger partial charge in [0.15, 0.2) is 6.29 Å². The number of pyridine rings is 1. The molecule has 4 heterocycles. The standard InChI is InChI=1S/C19H16N2O2S3/c20-12-14-13(16-3-1-8-24-16)11-15(17-4-2-9-25-17)21-19(14)26-10-5-18-22-6-7-23-18/h1-4,8-9,11,18H,5-7,10H2. The molecule has 0 N–H and O–H groups in total. The van der Waals surface area contributed by atoms with Crippen LogP contribution >= 0.6 is 34.4 Å². The Morgan fingerprint density at radius 1 is 1.15 bits per heavy atom. The molecule has 7 heteroatoms. The van der Waals surface area contributed by atoms with Gasteiger partial charge in [-0.25, -0.2) is 4.98 Å². The predicted molar refractivity (Wildman–Crippen MR) is 107 cm³/mol. The van der Waals surface area contributed by atoms with Crippen LogP contribution in [-0.4, -0.2) is 30.2 Å². The Bertz CT molecular complexity index is 896. The molecule has 0 aromatic carbocycles. The van der Waals surface area contributed by atoms with E-state index in [4.69, 9.17) is 14.5 Å². The van der Waals surface area contributed by atoms with Gasteiger partial charge in [-0.15, -0.1) is 34.4 Å². The minimum Gasteiger partial charge on any atom is -0.350 e. The van der Waals surface area contributed by atoms with E-state index in [0.717, 1.165) is 38.2 Å². The first kappa shape index (κ1) is 17.7. The molecular weight excluding hydrogens is 384 g/mol. The molecule has 0 spiro atoms. The molecule has 3 aromatic rings. The van der Waals surface area contributed by atoms with E-state index in [1.807, 2.05) is 35.0 Å². The molecular formula is C19H16N2O2S3. The third-order valence-corrected chi connectivity index (χ3v) is 6.75. The number of thioether (sulfide) groups is 1. The molecule has 1 saturated heterocycles. The van der Waals surface area contributed by atoms with Crippen molar-refractivity contribution in [2.75, 3.05) is 19.0 Å². The van der Waals surface area contributed by atoms with Gasteiger partial charge >= 0.3 is 0 Å². The van der Waals surface area contributed by atoms with Crippen molar-refractivity contribution in [1.82, 2.24) is 4.98 Å². The number of hydrogen-bond acceptors (Lipinski definition) is 7. The minimum absolute atomic E-state index is 0.134. The van der Waals surface area contributed by atoms with Crippen LogP contribution in [0.2, 0.25) is 0 Å². The van der Waals surface area contributed by atoms with E-state index in [0.29, 0.717) is 18.8 Å². The molecule has 0 amide bonds. The Labute approximate surface area is 164 Å². The maximum atomic E-state index is 9.78. The van der Waals surface area contributed by atoms with Gasteiger partial charge in [0.1, 0.15) is 11.1 Å². The van der Waals surface area contributed by atoms with E-state index in [1.54, 1.807) is 34.4 Å². The Morgan fingerprint density at radius 3 is 2.54 bits per heavy atom. The molecule has 0 aliphatic carbocycles. The number of aromatic nitrogens is 1. The van der Waals surface area contributed by atoms with Crippen LogP contribution in [-0.2, 0) is 9.47 Å². The predicted octanol–water partition coefficient (Wildman–Crippen LogP) is 5.27. The summed E-state index contributed by atoms with van der Waals surface area (Å²) >= 11 is 4.89. The van der Waals surface area contributed by atoms with Crippen LogP contribution in [0.15, 0.2) is 46.1 Å². The van der Waals surface area contributed by atoms with Gasteiger partial charge in [0.05, 0.1) is 29.3 Å². The Hall–Kier alpha value is -1.69. The van der Waals surface area contributed by atoms with Crippen LogP contribution in [0.3, 0.4) is 0 Å². The van der Waals surface area contributed by atoms with Crippen LogP contribution in [0.4, 0.5) is 0 Å². The monoisotopic (exact) mass is 400 g/mol. The summed E-state index contributed by atoms with van der Waals surface area (Å²) in [4.78, 5) is 6.99. The highest BCUT2D eigenvalue weighted by atomic mass is 32.2. The smallest absolute Gasteiger partial charge is 0.158 e. The van der Waals surface area contributed by atoms with Crippen molar-refractivity contribution in [1.29, 1.82) is 5.26 Å². The van der Waals surface area contributed by atoms with Gasteiger partial charge in [0.25, 0.3) is 0 Å². The van der Waals surface area contributed by atoms with Crippen molar-refractivity contribution < 1.29 is 9.47 Å². The highest BCUT2D eigenvalue weighted by molar-refractivity contribution is 7.99. The lowest BCUT2D eigenvalue weighted by Gasteiger charge is -2.12. The molecule has 1 aliphatic rings. The van der Waals surface area contributed by atoms with Crippen LogP contribution in [0, 0.1) is 11.3 Å². The zero-order chi connectivity index (χ0) is 17.8. The number of nitriles is 1. The average molecular weight is 401 g/mol. The topological polar surface area (TPSA) is 55.1 Å². The first-order valence-corrected chi connectivity index (χ1v) is 11.0. The van der Waals surface area contributed by atoms with Crippen molar-refractivity contribution in [3.8, 4) is 27.1 Å². The zero-order valence-electron chi connectivity index (χ0n) is 13.9. The molecule has 3 aromatic heterocycles. The van der Waals surface area contributed by atoms with E-state index in [2.05, 4.69) is 12.1 Å². The lowest BCUT2D eigenvalue weighted by molar-refractivity contribution is -0.0421. The minimum atomic E-state index is -0.134. The normalized spacial score (nSPS) is 14.6. The first-order chi connectivity index (χ1) is 12.8. The van der Waals surface area contributed by atoms with Crippen molar-refractivity contribution in [2.45, 2.75) is 17.7 Å². The molecule has 1 fully saturated rings. The van der Waals surface area contributed by atoms with Crippen LogP contribution in [0.5, 0.6) is 0 Å². The van der Waals surface area contributed by atoms with Gasteiger partial charge < -0.3 is 9.47 Å². The second-order valence-electron chi connectivity index (χ2n) is 5.61. The van der Waals surface area contributed by atoms with Gasteiger partial charge in [-0.3, -0.25) is 0 Å². The summed E-state index contributed by atoms with van der Waals surface area (Å²) in [6.07, 6.45) is 0.652. The van der Waals surface area contributed by atoms with Crippen LogP contribution < -0.4 is 0 Å². The quantitative estimate of drug-likeness (QED) is 0.528. The van der Waals surface area contributed by atoms with Gasteiger partial charge in [0, 0.05) is 22.6 Å². The van der Waals surface area contributed by atoms with Crippen molar-refractivity contribution in [2.24, 2.45) is 0 Å². The molecule has 4 nitrogen and oxygen atoms in total. The van der Waals surface area contributed by atoms with Gasteiger partial charge in [-0.1, -0.05) is 12.1 Å². The summed E-state index contributed by atoms with van der Waals surface area (Å²) in [5.41, 5.74) is 2.51. The molecule has 1 aliphatic heterocycles. The van der Waals surface area contributed by atoms with E-state index in [1.165, 1.54) is 0 Å². The van der Waals surface area contributed by atoms with Crippen LogP contribution in [0.25, 0.3) is 21.0 Å². The molecule has 0 radical (unpaired) electrons. The Morgan fingerprint density at radius 2 is 1.88 bits per heavy atom. The third kappa shape index (κ3) is 3.85. The number of nitrogens with zero attached hydrogens (tertiary/aromatic N) is 2. The van der Waals surface area contributed by atoms with Crippen molar-refractivity contribution in [3.05, 3.63) is 46.7 Å².